The minimum absolute atomic E-state index is 0.0507. The Hall–Kier alpha value is -2.33. The van der Waals surface area contributed by atoms with Crippen molar-refractivity contribution in [2.45, 2.75) is 19.8 Å². The molecule has 100 valence electrons. The molecule has 1 amide bonds. The van der Waals surface area contributed by atoms with Crippen molar-refractivity contribution in [1.82, 2.24) is 5.32 Å². The highest BCUT2D eigenvalue weighted by atomic mass is 16.2. The molecule has 0 saturated carbocycles. The van der Waals surface area contributed by atoms with E-state index < -0.39 is 0 Å². The molecule has 0 aliphatic heterocycles. The number of carbonyl (C=O) groups excluding carboxylic acids is 2. The van der Waals surface area contributed by atoms with Gasteiger partial charge in [-0.25, -0.2) is 0 Å². The van der Waals surface area contributed by atoms with Crippen LogP contribution in [-0.2, 0) is 4.79 Å². The number of hydrogen-bond donors (Lipinski definition) is 1. The first-order valence-electron chi connectivity index (χ1n) is 6.01. The highest BCUT2D eigenvalue weighted by Crippen LogP contribution is 2.07. The van der Waals surface area contributed by atoms with Gasteiger partial charge in [0.1, 0.15) is 0 Å². The molecule has 1 aromatic carbocycles. The number of rotatable bonds is 7. The Labute approximate surface area is 111 Å². The van der Waals surface area contributed by atoms with Crippen molar-refractivity contribution in [3.05, 3.63) is 45.8 Å². The Morgan fingerprint density at radius 3 is 2.58 bits per heavy atom. The van der Waals surface area contributed by atoms with Gasteiger partial charge in [0.25, 0.3) is 0 Å². The molecular weight excluding hydrogens is 244 g/mol. The smallest absolute Gasteiger partial charge is 0.220 e. The number of hydrogen-bond acceptors (Lipinski definition) is 3. The van der Waals surface area contributed by atoms with E-state index in [2.05, 4.69) is 15.3 Å². The quantitative estimate of drug-likeness (QED) is 0.268. The molecule has 0 bridgehead atoms. The third-order valence-corrected chi connectivity index (χ3v) is 2.55. The highest BCUT2D eigenvalue weighted by molar-refractivity contribution is 5.97. The van der Waals surface area contributed by atoms with Gasteiger partial charge in [0.2, 0.25) is 5.91 Å². The van der Waals surface area contributed by atoms with Crippen LogP contribution in [0.5, 0.6) is 0 Å². The Morgan fingerprint density at radius 1 is 1.26 bits per heavy atom. The summed E-state index contributed by atoms with van der Waals surface area (Å²) in [5.74, 6) is -0.265. The summed E-state index contributed by atoms with van der Waals surface area (Å²) >= 11 is 0. The van der Waals surface area contributed by atoms with E-state index in [1.807, 2.05) is 19.1 Å². The van der Waals surface area contributed by atoms with Crippen LogP contribution in [0, 0.1) is 6.92 Å². The van der Waals surface area contributed by atoms with E-state index >= 15 is 0 Å². The second-order valence-corrected chi connectivity index (χ2v) is 4.09. The average Bonchev–Trinajstić information content (AvgIpc) is 2.42. The molecule has 6 heteroatoms. The number of benzene rings is 1. The summed E-state index contributed by atoms with van der Waals surface area (Å²) in [4.78, 5) is 25.8. The van der Waals surface area contributed by atoms with Crippen molar-refractivity contribution in [3.8, 4) is 0 Å². The molecule has 0 saturated heterocycles. The normalized spacial score (nSPS) is 9.53. The zero-order valence-corrected chi connectivity index (χ0v) is 10.8. The zero-order valence-electron chi connectivity index (χ0n) is 10.8. The maximum Gasteiger partial charge on any atom is 0.220 e. The molecule has 0 radical (unpaired) electrons. The SMILES string of the molecule is Cc1ccc(C(=O)CCC(=O)NCCN=[N+]=[N-])cc1. The molecule has 0 aliphatic rings. The van der Waals surface area contributed by atoms with Crippen LogP contribution in [0.4, 0.5) is 0 Å². The van der Waals surface area contributed by atoms with Gasteiger partial charge in [0, 0.05) is 36.4 Å². The fourth-order valence-electron chi connectivity index (χ4n) is 1.49. The van der Waals surface area contributed by atoms with Crippen LogP contribution in [0.3, 0.4) is 0 Å². The fourth-order valence-corrected chi connectivity index (χ4v) is 1.49. The summed E-state index contributed by atoms with van der Waals surface area (Å²) in [6, 6.07) is 7.26. The zero-order chi connectivity index (χ0) is 14.1. The van der Waals surface area contributed by atoms with Crippen LogP contribution in [0.1, 0.15) is 28.8 Å². The molecule has 0 spiro atoms. The summed E-state index contributed by atoms with van der Waals surface area (Å²) in [6.07, 6.45) is 0.319. The maximum absolute atomic E-state index is 11.8. The predicted octanol–water partition coefficient (Wildman–Crippen LogP) is 2.38. The molecule has 1 N–H and O–H groups in total. The van der Waals surface area contributed by atoms with Gasteiger partial charge in [-0.1, -0.05) is 34.9 Å². The lowest BCUT2D eigenvalue weighted by atomic mass is 10.1. The number of ketones is 1. The third kappa shape index (κ3) is 5.70. The van der Waals surface area contributed by atoms with Crippen LogP contribution in [0.2, 0.25) is 0 Å². The van der Waals surface area contributed by atoms with Crippen LogP contribution >= 0.6 is 0 Å². The second kappa shape index (κ2) is 7.89. The van der Waals surface area contributed by atoms with Crippen LogP contribution < -0.4 is 5.32 Å². The molecule has 0 aromatic heterocycles. The summed E-state index contributed by atoms with van der Waals surface area (Å²) in [5.41, 5.74) is 9.76. The van der Waals surface area contributed by atoms with E-state index in [-0.39, 0.29) is 31.1 Å². The largest absolute Gasteiger partial charge is 0.356 e. The standard InChI is InChI=1S/C13H16N4O2/c1-10-2-4-11(5-3-10)12(18)6-7-13(19)15-8-9-16-17-14/h2-5H,6-9H2,1H3,(H,15,19). The van der Waals surface area contributed by atoms with Gasteiger partial charge in [-0.05, 0) is 12.5 Å². The number of Topliss-reactive ketones (excluding diaryl/α,β-unsaturated/α-hetero) is 1. The molecule has 0 heterocycles. The minimum Gasteiger partial charge on any atom is -0.356 e. The molecular formula is C13H16N4O2. The Kier molecular flexibility index (Phi) is 6.12. The molecule has 1 rings (SSSR count). The lowest BCUT2D eigenvalue weighted by Gasteiger charge is -2.03. The number of amides is 1. The first kappa shape index (κ1) is 14.7. The van der Waals surface area contributed by atoms with Crippen LogP contribution in [-0.4, -0.2) is 24.8 Å². The number of nitrogens with one attached hydrogen (secondary N) is 1. The molecule has 6 nitrogen and oxygen atoms in total. The maximum atomic E-state index is 11.8. The van der Waals surface area contributed by atoms with E-state index in [0.29, 0.717) is 12.1 Å². The topological polar surface area (TPSA) is 94.9 Å². The second-order valence-electron chi connectivity index (χ2n) is 4.09. The number of carbonyl (C=O) groups is 2. The summed E-state index contributed by atoms with van der Waals surface area (Å²) < 4.78 is 0. The Balaban J connectivity index is 2.31. The number of azide groups is 1. The highest BCUT2D eigenvalue weighted by Gasteiger charge is 2.08. The first-order valence-corrected chi connectivity index (χ1v) is 6.01. The fraction of sp³-hybridized carbons (Fsp3) is 0.385. The summed E-state index contributed by atoms with van der Waals surface area (Å²) in [5, 5.41) is 5.87. The van der Waals surface area contributed by atoms with E-state index in [4.69, 9.17) is 5.53 Å². The molecule has 0 atom stereocenters. The van der Waals surface area contributed by atoms with Crippen molar-refractivity contribution in [2.24, 2.45) is 5.11 Å². The van der Waals surface area contributed by atoms with E-state index in [1.54, 1.807) is 12.1 Å². The predicted molar refractivity (Wildman–Crippen MR) is 71.8 cm³/mol. The molecule has 0 unspecified atom stereocenters. The van der Waals surface area contributed by atoms with Crippen molar-refractivity contribution in [1.29, 1.82) is 0 Å². The van der Waals surface area contributed by atoms with E-state index in [9.17, 15) is 9.59 Å². The van der Waals surface area contributed by atoms with Gasteiger partial charge >= 0.3 is 0 Å². The van der Waals surface area contributed by atoms with Gasteiger partial charge in [-0.15, -0.1) is 0 Å². The van der Waals surface area contributed by atoms with E-state index in [1.165, 1.54) is 0 Å². The Morgan fingerprint density at radius 2 is 1.95 bits per heavy atom. The third-order valence-electron chi connectivity index (χ3n) is 2.55. The van der Waals surface area contributed by atoms with Gasteiger partial charge in [-0.3, -0.25) is 9.59 Å². The lowest BCUT2D eigenvalue weighted by molar-refractivity contribution is -0.121. The van der Waals surface area contributed by atoms with Crippen LogP contribution in [0.15, 0.2) is 29.4 Å². The molecule has 0 fully saturated rings. The van der Waals surface area contributed by atoms with Gasteiger partial charge < -0.3 is 5.32 Å². The Bertz CT molecular complexity index is 490. The van der Waals surface area contributed by atoms with E-state index in [0.717, 1.165) is 5.56 Å². The molecule has 19 heavy (non-hydrogen) atoms. The van der Waals surface area contributed by atoms with Crippen molar-refractivity contribution in [3.63, 3.8) is 0 Å². The first-order chi connectivity index (χ1) is 9.13. The number of aryl methyl sites for hydroxylation is 1. The van der Waals surface area contributed by atoms with Gasteiger partial charge in [0.15, 0.2) is 5.78 Å². The molecule has 0 aliphatic carbocycles. The summed E-state index contributed by atoms with van der Waals surface area (Å²) in [6.45, 7) is 2.46. The monoisotopic (exact) mass is 260 g/mol. The van der Waals surface area contributed by atoms with Gasteiger partial charge in [-0.2, -0.15) is 0 Å². The summed E-state index contributed by atoms with van der Waals surface area (Å²) in [7, 11) is 0. The van der Waals surface area contributed by atoms with Crippen LogP contribution in [0.25, 0.3) is 10.4 Å². The van der Waals surface area contributed by atoms with Gasteiger partial charge in [0.05, 0.1) is 0 Å². The molecule has 1 aromatic rings. The number of nitrogens with zero attached hydrogens (tertiary/aromatic N) is 3. The minimum atomic E-state index is -0.214. The van der Waals surface area contributed by atoms with Crippen molar-refractivity contribution < 1.29 is 9.59 Å². The average molecular weight is 260 g/mol. The van der Waals surface area contributed by atoms with Crippen molar-refractivity contribution >= 4 is 11.7 Å². The lowest BCUT2D eigenvalue weighted by Crippen LogP contribution is -2.26. The van der Waals surface area contributed by atoms with Crippen molar-refractivity contribution in [2.75, 3.05) is 13.1 Å².